The largest absolute Gasteiger partial charge is 0.466 e. The Balaban J connectivity index is 0.00000192. The van der Waals surface area contributed by atoms with E-state index in [1.54, 1.807) is 0 Å². The van der Waals surface area contributed by atoms with E-state index in [9.17, 15) is 0 Å². The number of nitrogens with two attached hydrogens (primary N) is 1. The van der Waals surface area contributed by atoms with Crippen molar-refractivity contribution >= 4 is 35.6 Å². The van der Waals surface area contributed by atoms with Crippen LogP contribution in [0, 0.1) is 13.8 Å². The molecule has 4 nitrogen and oxygen atoms in total. The van der Waals surface area contributed by atoms with Gasteiger partial charge in [0.25, 0.3) is 0 Å². The van der Waals surface area contributed by atoms with Crippen LogP contribution in [0.25, 0.3) is 0 Å². The van der Waals surface area contributed by atoms with Gasteiger partial charge in [0.2, 0.25) is 0 Å². The molecule has 1 aromatic carbocycles. The molecule has 0 unspecified atom stereocenters. The summed E-state index contributed by atoms with van der Waals surface area (Å²) in [5, 5.41) is 3.26. The number of anilines is 1. The highest BCUT2D eigenvalue weighted by Crippen LogP contribution is 2.27. The maximum absolute atomic E-state index is 6.05. The van der Waals surface area contributed by atoms with Crippen molar-refractivity contribution in [2.45, 2.75) is 46.1 Å². The number of hydrogen-bond donors (Lipinski definition) is 2. The van der Waals surface area contributed by atoms with Gasteiger partial charge in [-0.15, -0.1) is 24.0 Å². The Morgan fingerprint density at radius 2 is 2.04 bits per heavy atom. The summed E-state index contributed by atoms with van der Waals surface area (Å²) in [7, 11) is 0. The molecule has 0 spiro atoms. The Morgan fingerprint density at radius 1 is 1.26 bits per heavy atom. The number of aryl methyl sites for hydroxylation is 3. The SMILES string of the molecule is Cc1cc(CN=C(N)Nc2cccc3c2CCCC3)c(C)o1.I. The summed E-state index contributed by atoms with van der Waals surface area (Å²) >= 11 is 0. The molecular weight excluding hydrogens is 401 g/mol. The van der Waals surface area contributed by atoms with Crippen LogP contribution in [-0.4, -0.2) is 5.96 Å². The zero-order valence-corrected chi connectivity index (χ0v) is 16.0. The lowest BCUT2D eigenvalue weighted by Gasteiger charge is -2.19. The molecule has 0 radical (unpaired) electrons. The smallest absolute Gasteiger partial charge is 0.193 e. The number of nitrogens with one attached hydrogen (secondary N) is 1. The molecule has 0 amide bonds. The van der Waals surface area contributed by atoms with Crippen molar-refractivity contribution in [3.63, 3.8) is 0 Å². The number of fused-ring (bicyclic) bond motifs is 1. The highest BCUT2D eigenvalue weighted by atomic mass is 127. The first-order valence-corrected chi connectivity index (χ1v) is 7.87. The maximum atomic E-state index is 6.05. The Morgan fingerprint density at radius 3 is 2.78 bits per heavy atom. The van der Waals surface area contributed by atoms with E-state index >= 15 is 0 Å². The van der Waals surface area contributed by atoms with Crippen LogP contribution in [0.1, 0.15) is 41.1 Å². The van der Waals surface area contributed by atoms with Crippen LogP contribution >= 0.6 is 24.0 Å². The van der Waals surface area contributed by atoms with Gasteiger partial charge in [0.1, 0.15) is 11.5 Å². The van der Waals surface area contributed by atoms with Gasteiger partial charge in [-0.3, -0.25) is 0 Å². The van der Waals surface area contributed by atoms with Gasteiger partial charge in [-0.2, -0.15) is 0 Å². The Labute approximate surface area is 154 Å². The van der Waals surface area contributed by atoms with E-state index in [-0.39, 0.29) is 24.0 Å². The summed E-state index contributed by atoms with van der Waals surface area (Å²) in [6.45, 7) is 4.43. The molecule has 23 heavy (non-hydrogen) atoms. The first-order chi connectivity index (χ1) is 10.6. The van der Waals surface area contributed by atoms with Crippen LogP contribution < -0.4 is 11.1 Å². The monoisotopic (exact) mass is 425 g/mol. The molecule has 0 fully saturated rings. The predicted molar refractivity (Wildman–Crippen MR) is 106 cm³/mol. The van der Waals surface area contributed by atoms with E-state index in [0.29, 0.717) is 12.5 Å². The standard InChI is InChI=1S/C18H23N3O.HI/c1-12-10-15(13(2)22-12)11-20-18(19)21-17-9-5-7-14-6-3-4-8-16(14)17;/h5,7,9-10H,3-4,6,8,11H2,1-2H3,(H3,19,20,21);1H. The van der Waals surface area contributed by atoms with Gasteiger partial charge in [-0.1, -0.05) is 12.1 Å². The minimum absolute atomic E-state index is 0. The molecule has 0 saturated carbocycles. The molecular formula is C18H24IN3O. The number of nitrogens with zero attached hydrogens (tertiary/aromatic N) is 1. The number of aliphatic imine (C=N–C) groups is 1. The van der Waals surface area contributed by atoms with E-state index in [0.717, 1.165) is 35.6 Å². The quantitative estimate of drug-likeness (QED) is 0.438. The molecule has 0 atom stereocenters. The molecule has 1 aromatic heterocycles. The molecule has 1 heterocycles. The predicted octanol–water partition coefficient (Wildman–Crippen LogP) is 4.32. The molecule has 0 saturated heterocycles. The van der Waals surface area contributed by atoms with Crippen LogP contribution in [0.2, 0.25) is 0 Å². The van der Waals surface area contributed by atoms with E-state index in [4.69, 9.17) is 10.2 Å². The number of rotatable bonds is 3. The van der Waals surface area contributed by atoms with Gasteiger partial charge < -0.3 is 15.5 Å². The minimum Gasteiger partial charge on any atom is -0.466 e. The molecule has 1 aliphatic rings. The van der Waals surface area contributed by atoms with Gasteiger partial charge in [-0.05, 0) is 62.8 Å². The molecule has 2 aromatic rings. The highest BCUT2D eigenvalue weighted by molar-refractivity contribution is 14.0. The van der Waals surface area contributed by atoms with Crippen molar-refractivity contribution < 1.29 is 4.42 Å². The third-order valence-electron chi connectivity index (χ3n) is 4.22. The van der Waals surface area contributed by atoms with Crippen molar-refractivity contribution in [1.82, 2.24) is 0 Å². The van der Waals surface area contributed by atoms with Crippen LogP contribution in [0.4, 0.5) is 5.69 Å². The number of halogens is 1. The summed E-state index contributed by atoms with van der Waals surface area (Å²) < 4.78 is 5.51. The lowest BCUT2D eigenvalue weighted by molar-refractivity contribution is 0.501. The molecule has 1 aliphatic carbocycles. The molecule has 3 N–H and O–H groups in total. The summed E-state index contributed by atoms with van der Waals surface area (Å²) in [6.07, 6.45) is 4.80. The maximum Gasteiger partial charge on any atom is 0.193 e. The van der Waals surface area contributed by atoms with Crippen LogP contribution in [0.3, 0.4) is 0 Å². The second-order valence-corrected chi connectivity index (χ2v) is 5.92. The normalized spacial score (nSPS) is 14.1. The first-order valence-electron chi connectivity index (χ1n) is 7.87. The molecule has 124 valence electrons. The lowest BCUT2D eigenvalue weighted by atomic mass is 9.90. The minimum atomic E-state index is 0. The Hall–Kier alpha value is -1.50. The molecule has 5 heteroatoms. The average molecular weight is 425 g/mol. The summed E-state index contributed by atoms with van der Waals surface area (Å²) in [5.74, 6) is 2.27. The zero-order valence-electron chi connectivity index (χ0n) is 13.7. The molecule has 0 aliphatic heterocycles. The summed E-state index contributed by atoms with van der Waals surface area (Å²) in [5.41, 5.74) is 11.1. The number of guanidine groups is 1. The number of benzene rings is 1. The van der Waals surface area contributed by atoms with Crippen molar-refractivity contribution in [3.8, 4) is 0 Å². The summed E-state index contributed by atoms with van der Waals surface area (Å²) in [6, 6.07) is 8.39. The average Bonchev–Trinajstić information content (AvgIpc) is 2.83. The first kappa shape index (κ1) is 17.8. The fourth-order valence-electron chi connectivity index (χ4n) is 3.09. The number of furan rings is 1. The van der Waals surface area contributed by atoms with Crippen molar-refractivity contribution in [2.75, 3.05) is 5.32 Å². The Bertz CT molecular complexity index is 706. The van der Waals surface area contributed by atoms with E-state index in [1.807, 2.05) is 19.9 Å². The second-order valence-electron chi connectivity index (χ2n) is 5.92. The van der Waals surface area contributed by atoms with Gasteiger partial charge >= 0.3 is 0 Å². The third-order valence-corrected chi connectivity index (χ3v) is 4.22. The third kappa shape index (κ3) is 4.28. The van der Waals surface area contributed by atoms with Gasteiger partial charge in [0.05, 0.1) is 6.54 Å². The van der Waals surface area contributed by atoms with E-state index < -0.39 is 0 Å². The molecule has 0 bridgehead atoms. The van der Waals surface area contributed by atoms with Gasteiger partial charge in [0.15, 0.2) is 5.96 Å². The molecule has 3 rings (SSSR count). The van der Waals surface area contributed by atoms with E-state index in [1.165, 1.54) is 24.0 Å². The Kier molecular flexibility index (Phi) is 6.10. The fraction of sp³-hybridized carbons (Fsp3) is 0.389. The van der Waals surface area contributed by atoms with Crippen LogP contribution in [0.15, 0.2) is 33.7 Å². The van der Waals surface area contributed by atoms with Gasteiger partial charge in [0, 0.05) is 11.3 Å². The van der Waals surface area contributed by atoms with E-state index in [2.05, 4.69) is 28.5 Å². The summed E-state index contributed by atoms with van der Waals surface area (Å²) in [4.78, 5) is 4.44. The number of hydrogen-bond acceptors (Lipinski definition) is 2. The second kappa shape index (κ2) is 7.86. The topological polar surface area (TPSA) is 63.5 Å². The van der Waals surface area contributed by atoms with Gasteiger partial charge in [-0.25, -0.2) is 4.99 Å². The zero-order chi connectivity index (χ0) is 15.5. The van der Waals surface area contributed by atoms with Crippen molar-refractivity contribution in [1.29, 1.82) is 0 Å². The van der Waals surface area contributed by atoms with Crippen LogP contribution in [0.5, 0.6) is 0 Å². The fourth-order valence-corrected chi connectivity index (χ4v) is 3.09. The van der Waals surface area contributed by atoms with Crippen molar-refractivity contribution in [2.24, 2.45) is 10.7 Å². The van der Waals surface area contributed by atoms with Crippen LogP contribution in [-0.2, 0) is 19.4 Å². The highest BCUT2D eigenvalue weighted by Gasteiger charge is 2.13. The lowest BCUT2D eigenvalue weighted by Crippen LogP contribution is -2.24. The van der Waals surface area contributed by atoms with Crippen molar-refractivity contribution in [3.05, 3.63) is 52.5 Å².